The molecule has 1 amide bonds. The lowest BCUT2D eigenvalue weighted by Crippen LogP contribution is -2.41. The van der Waals surface area contributed by atoms with Gasteiger partial charge in [0, 0.05) is 38.7 Å². The number of amides is 1. The summed E-state index contributed by atoms with van der Waals surface area (Å²) >= 11 is 0. The number of carbonyl (C=O) groups is 1. The summed E-state index contributed by atoms with van der Waals surface area (Å²) in [5, 5.41) is 2.85. The van der Waals surface area contributed by atoms with Crippen molar-refractivity contribution in [3.63, 3.8) is 0 Å². The summed E-state index contributed by atoms with van der Waals surface area (Å²) in [4.78, 5) is 43.3. The number of benzene rings is 3. The number of anilines is 1. The molecule has 1 aliphatic rings. The van der Waals surface area contributed by atoms with E-state index in [-0.39, 0.29) is 30.3 Å². The van der Waals surface area contributed by atoms with E-state index in [9.17, 15) is 18.8 Å². The third kappa shape index (κ3) is 5.85. The first-order chi connectivity index (χ1) is 22.2. The lowest BCUT2D eigenvalue weighted by atomic mass is 10.1. The summed E-state index contributed by atoms with van der Waals surface area (Å²) in [6.07, 6.45) is 2.56. The lowest BCUT2D eigenvalue weighted by molar-refractivity contribution is 0.102. The molecule has 2 aromatic heterocycles. The summed E-state index contributed by atoms with van der Waals surface area (Å²) in [7, 11) is 2.91. The average Bonchev–Trinajstić information content (AvgIpc) is 3.05. The van der Waals surface area contributed by atoms with Crippen LogP contribution in [-0.2, 0) is 11.8 Å². The number of aryl methyl sites for hydroxylation is 1. The molecule has 1 N–H and O–H groups in total. The molecule has 12 nitrogen and oxygen atoms in total. The maximum atomic E-state index is 15.3. The third-order valence-electron chi connectivity index (χ3n) is 6.98. The van der Waals surface area contributed by atoms with Crippen LogP contribution in [0.2, 0.25) is 0 Å². The van der Waals surface area contributed by atoms with E-state index in [0.717, 1.165) is 33.5 Å². The Morgan fingerprint density at radius 1 is 0.978 bits per heavy atom. The molecule has 0 bridgehead atoms. The van der Waals surface area contributed by atoms with Crippen molar-refractivity contribution < 1.29 is 37.3 Å². The number of fused-ring (bicyclic) bond motifs is 3. The van der Waals surface area contributed by atoms with E-state index in [2.05, 4.69) is 10.3 Å². The van der Waals surface area contributed by atoms with Gasteiger partial charge in [-0.25, -0.2) is 18.1 Å². The van der Waals surface area contributed by atoms with E-state index in [1.165, 1.54) is 37.5 Å². The molecule has 3 heterocycles. The number of methoxy groups -OCH3 is 1. The van der Waals surface area contributed by atoms with Crippen LogP contribution in [0.5, 0.6) is 28.7 Å². The number of nitrogens with one attached hydrogen (secondary N) is 1. The van der Waals surface area contributed by atoms with Gasteiger partial charge in [-0.15, -0.1) is 0 Å². The highest BCUT2D eigenvalue weighted by atomic mass is 19.1. The molecular formula is C32H26F2N4O8. The number of halogens is 2. The summed E-state index contributed by atoms with van der Waals surface area (Å²) in [5.74, 6) is -0.812. The van der Waals surface area contributed by atoms with E-state index in [4.69, 9.17) is 23.7 Å². The number of pyridine rings is 1. The molecule has 0 saturated heterocycles. The van der Waals surface area contributed by atoms with Gasteiger partial charge in [0.15, 0.2) is 11.5 Å². The van der Waals surface area contributed by atoms with Crippen LogP contribution in [-0.4, -0.2) is 53.6 Å². The van der Waals surface area contributed by atoms with Crippen molar-refractivity contribution in [3.05, 3.63) is 105 Å². The largest absolute Gasteiger partial charge is 0.487 e. The Hall–Kier alpha value is -5.76. The maximum absolute atomic E-state index is 15.3. The number of nitrogens with zero attached hydrogens (tertiary/aromatic N) is 3. The molecule has 0 fully saturated rings. The quantitative estimate of drug-likeness (QED) is 0.238. The number of rotatable bonds is 9. The zero-order valence-corrected chi connectivity index (χ0v) is 24.5. The Labute approximate surface area is 259 Å². The van der Waals surface area contributed by atoms with Gasteiger partial charge in [0.05, 0.1) is 28.9 Å². The maximum Gasteiger partial charge on any atom is 0.335 e. The number of hydrogen-bond acceptors (Lipinski definition) is 9. The molecule has 0 unspecified atom stereocenters. The Bertz CT molecular complexity index is 2080. The van der Waals surface area contributed by atoms with Crippen LogP contribution in [0.3, 0.4) is 0 Å². The van der Waals surface area contributed by atoms with Crippen molar-refractivity contribution >= 4 is 22.5 Å². The highest BCUT2D eigenvalue weighted by Gasteiger charge is 2.25. The van der Waals surface area contributed by atoms with Crippen molar-refractivity contribution in [2.45, 2.75) is 0 Å². The summed E-state index contributed by atoms with van der Waals surface area (Å²) in [6.45, 7) is 1.24. The molecule has 6 rings (SSSR count). The molecule has 3 aromatic carbocycles. The van der Waals surface area contributed by atoms with Gasteiger partial charge >= 0.3 is 5.69 Å². The summed E-state index contributed by atoms with van der Waals surface area (Å²) in [6, 6.07) is 11.6. The molecule has 46 heavy (non-hydrogen) atoms. The van der Waals surface area contributed by atoms with Crippen LogP contribution < -0.4 is 35.5 Å². The van der Waals surface area contributed by atoms with Gasteiger partial charge in [-0.05, 0) is 42.5 Å². The topological polar surface area (TPSA) is 132 Å². The standard InChI is InChI=1S/C32H26F2N4O8/c1-37-17-21(31(40)38(32(37)41)19-5-3-18(33)4-6-19)30(39)36-23-8-7-20(15-22(23)34)46-25-9-10-35-24-16-26(43-12-11-42-2)28-29(27(24)25)45-14-13-44-28/h3-10,15-17H,11-14H2,1-2H3,(H,36,39). The first-order valence-electron chi connectivity index (χ1n) is 14.0. The molecular weight excluding hydrogens is 606 g/mol. The monoisotopic (exact) mass is 632 g/mol. The Morgan fingerprint density at radius 3 is 2.48 bits per heavy atom. The van der Waals surface area contributed by atoms with Gasteiger partial charge in [-0.2, -0.15) is 0 Å². The second-order valence-electron chi connectivity index (χ2n) is 10.0. The zero-order chi connectivity index (χ0) is 32.4. The van der Waals surface area contributed by atoms with Crippen LogP contribution in [0.4, 0.5) is 14.5 Å². The SMILES string of the molecule is COCCOc1cc2nccc(Oc3ccc(NC(=O)c4cn(C)c(=O)n(-c5ccc(F)cc5)c4=O)c(F)c3)c2c2c1OCCO2. The lowest BCUT2D eigenvalue weighted by Gasteiger charge is -2.23. The number of carbonyl (C=O) groups excluding carboxylic acids is 1. The minimum atomic E-state index is -0.962. The summed E-state index contributed by atoms with van der Waals surface area (Å²) in [5.41, 5.74) is -1.85. The Morgan fingerprint density at radius 2 is 1.74 bits per heavy atom. The van der Waals surface area contributed by atoms with Gasteiger partial charge < -0.3 is 33.6 Å². The smallest absolute Gasteiger partial charge is 0.335 e. The van der Waals surface area contributed by atoms with Crippen LogP contribution in [0.1, 0.15) is 10.4 Å². The van der Waals surface area contributed by atoms with Crippen molar-refractivity contribution in [1.82, 2.24) is 14.1 Å². The molecule has 0 aliphatic carbocycles. The van der Waals surface area contributed by atoms with E-state index in [1.54, 1.807) is 19.2 Å². The second kappa shape index (κ2) is 12.7. The van der Waals surface area contributed by atoms with Gasteiger partial charge in [0.1, 0.15) is 48.5 Å². The Kier molecular flexibility index (Phi) is 8.35. The minimum Gasteiger partial charge on any atom is -0.487 e. The third-order valence-corrected chi connectivity index (χ3v) is 6.98. The van der Waals surface area contributed by atoms with Gasteiger partial charge in [0.25, 0.3) is 11.5 Å². The van der Waals surface area contributed by atoms with Crippen molar-refractivity contribution in [3.8, 4) is 34.4 Å². The van der Waals surface area contributed by atoms with Crippen molar-refractivity contribution in [2.24, 2.45) is 7.05 Å². The highest BCUT2D eigenvalue weighted by molar-refractivity contribution is 6.04. The molecule has 0 spiro atoms. The van der Waals surface area contributed by atoms with Crippen LogP contribution >= 0.6 is 0 Å². The van der Waals surface area contributed by atoms with E-state index in [1.807, 2.05) is 0 Å². The molecule has 0 saturated carbocycles. The average molecular weight is 633 g/mol. The molecule has 0 atom stereocenters. The van der Waals surface area contributed by atoms with Crippen LogP contribution in [0, 0.1) is 11.6 Å². The molecule has 5 aromatic rings. The normalized spacial score (nSPS) is 12.2. The second-order valence-corrected chi connectivity index (χ2v) is 10.0. The van der Waals surface area contributed by atoms with Gasteiger partial charge in [-0.1, -0.05) is 0 Å². The van der Waals surface area contributed by atoms with Crippen molar-refractivity contribution in [2.75, 3.05) is 38.9 Å². The molecule has 236 valence electrons. The molecule has 1 aliphatic heterocycles. The molecule has 0 radical (unpaired) electrons. The van der Waals surface area contributed by atoms with E-state index in [0.29, 0.717) is 47.1 Å². The fourth-order valence-electron chi connectivity index (χ4n) is 4.82. The van der Waals surface area contributed by atoms with E-state index >= 15 is 4.39 Å². The molecule has 14 heteroatoms. The fraction of sp³-hybridized carbons (Fsp3) is 0.188. The number of hydrogen-bond donors (Lipinski definition) is 1. The predicted octanol–water partition coefficient (Wildman–Crippen LogP) is 4.20. The number of aromatic nitrogens is 3. The van der Waals surface area contributed by atoms with Crippen LogP contribution in [0.15, 0.2) is 76.6 Å². The zero-order valence-electron chi connectivity index (χ0n) is 24.5. The van der Waals surface area contributed by atoms with E-state index < -0.39 is 34.4 Å². The predicted molar refractivity (Wildman–Crippen MR) is 162 cm³/mol. The number of ether oxygens (including phenoxy) is 5. The van der Waals surface area contributed by atoms with Crippen LogP contribution in [0.25, 0.3) is 16.6 Å². The first kappa shape index (κ1) is 30.3. The fourth-order valence-corrected chi connectivity index (χ4v) is 4.82. The highest BCUT2D eigenvalue weighted by Crippen LogP contribution is 2.48. The Balaban J connectivity index is 1.27. The van der Waals surface area contributed by atoms with Gasteiger partial charge in [-0.3, -0.25) is 14.6 Å². The summed E-state index contributed by atoms with van der Waals surface area (Å²) < 4.78 is 59.1. The minimum absolute atomic E-state index is 0.0611. The van der Waals surface area contributed by atoms with Crippen molar-refractivity contribution in [1.29, 1.82) is 0 Å². The van der Waals surface area contributed by atoms with Gasteiger partial charge in [0.2, 0.25) is 5.75 Å². The first-order valence-corrected chi connectivity index (χ1v) is 14.0.